The summed E-state index contributed by atoms with van der Waals surface area (Å²) in [5, 5.41) is 11.8. The molecule has 1 fully saturated rings. The van der Waals surface area contributed by atoms with E-state index in [1.165, 1.54) is 6.92 Å². The number of carbonyl (C=O) groups excluding carboxylic acids is 2. The van der Waals surface area contributed by atoms with Crippen molar-refractivity contribution in [3.05, 3.63) is 29.3 Å². The molecule has 1 aromatic rings. The summed E-state index contributed by atoms with van der Waals surface area (Å²) in [5.74, 6) is 0.0268. The van der Waals surface area contributed by atoms with Crippen LogP contribution in [0.15, 0.2) is 18.2 Å². The van der Waals surface area contributed by atoms with E-state index < -0.39 is 0 Å². The van der Waals surface area contributed by atoms with Crippen LogP contribution in [0.5, 0.6) is 0 Å². The summed E-state index contributed by atoms with van der Waals surface area (Å²) in [7, 11) is 0. The molecule has 2 rings (SSSR count). The normalized spacial score (nSPS) is 13.8. The second-order valence-corrected chi connectivity index (χ2v) is 5.87. The van der Waals surface area contributed by atoms with Crippen molar-refractivity contribution >= 4 is 17.5 Å². The standard InChI is InChI=1S/C17H24N2O3/c1-12-11-14(5-8-16(12)13(2)21)18-17(22)19(15-6-7-15)9-3-4-10-20/h5,8,11,15,20H,3-4,6-7,9-10H2,1-2H3,(H,18,22). The fourth-order valence-corrected chi connectivity index (χ4v) is 2.56. The Morgan fingerprint density at radius 1 is 1.32 bits per heavy atom. The Hall–Kier alpha value is -1.88. The maximum atomic E-state index is 12.4. The fourth-order valence-electron chi connectivity index (χ4n) is 2.56. The van der Waals surface area contributed by atoms with Gasteiger partial charge in [0.1, 0.15) is 0 Å². The lowest BCUT2D eigenvalue weighted by Crippen LogP contribution is -2.37. The van der Waals surface area contributed by atoms with Crippen molar-refractivity contribution in [2.24, 2.45) is 0 Å². The minimum Gasteiger partial charge on any atom is -0.396 e. The molecule has 0 radical (unpaired) electrons. The number of ketones is 1. The van der Waals surface area contributed by atoms with Crippen molar-refractivity contribution in [3.63, 3.8) is 0 Å². The third kappa shape index (κ3) is 4.31. The predicted molar refractivity (Wildman–Crippen MR) is 86.3 cm³/mol. The number of carbonyl (C=O) groups is 2. The van der Waals surface area contributed by atoms with E-state index in [1.807, 2.05) is 17.9 Å². The van der Waals surface area contributed by atoms with Gasteiger partial charge in [-0.15, -0.1) is 0 Å². The first-order chi connectivity index (χ1) is 10.5. The first-order valence-corrected chi connectivity index (χ1v) is 7.83. The highest BCUT2D eigenvalue weighted by Gasteiger charge is 2.32. The van der Waals surface area contributed by atoms with Crippen LogP contribution < -0.4 is 5.32 Å². The topological polar surface area (TPSA) is 69.6 Å². The van der Waals surface area contributed by atoms with Crippen molar-refractivity contribution in [2.75, 3.05) is 18.5 Å². The van der Waals surface area contributed by atoms with Gasteiger partial charge in [0.05, 0.1) is 0 Å². The average molecular weight is 304 g/mol. The quantitative estimate of drug-likeness (QED) is 0.601. The average Bonchev–Trinajstić information content (AvgIpc) is 3.27. The summed E-state index contributed by atoms with van der Waals surface area (Å²) in [6, 6.07) is 5.57. The van der Waals surface area contributed by atoms with Crippen LogP contribution in [0.3, 0.4) is 0 Å². The van der Waals surface area contributed by atoms with Gasteiger partial charge in [-0.2, -0.15) is 0 Å². The van der Waals surface area contributed by atoms with E-state index in [2.05, 4.69) is 5.32 Å². The molecule has 2 N–H and O–H groups in total. The number of anilines is 1. The van der Waals surface area contributed by atoms with Gasteiger partial charge in [0, 0.05) is 30.4 Å². The van der Waals surface area contributed by atoms with Crippen LogP contribution in [0.4, 0.5) is 10.5 Å². The van der Waals surface area contributed by atoms with Crippen LogP contribution in [0.2, 0.25) is 0 Å². The number of benzene rings is 1. The lowest BCUT2D eigenvalue weighted by molar-refractivity contribution is 0.101. The Morgan fingerprint density at radius 3 is 2.59 bits per heavy atom. The monoisotopic (exact) mass is 304 g/mol. The molecule has 0 aliphatic heterocycles. The zero-order valence-corrected chi connectivity index (χ0v) is 13.3. The Balaban J connectivity index is 2.00. The van der Waals surface area contributed by atoms with Gasteiger partial charge in [-0.1, -0.05) is 0 Å². The Bertz CT molecular complexity index is 553. The van der Waals surface area contributed by atoms with E-state index in [4.69, 9.17) is 5.11 Å². The summed E-state index contributed by atoms with van der Waals surface area (Å²) in [6.45, 7) is 4.23. The van der Waals surface area contributed by atoms with Crippen LogP contribution in [0.1, 0.15) is 48.5 Å². The summed E-state index contributed by atoms with van der Waals surface area (Å²) < 4.78 is 0. The molecule has 2 amide bonds. The summed E-state index contributed by atoms with van der Waals surface area (Å²) in [5.41, 5.74) is 2.25. The molecule has 0 atom stereocenters. The second kappa shape index (κ2) is 7.40. The molecule has 5 heteroatoms. The SMILES string of the molecule is CC(=O)c1ccc(NC(=O)N(CCCCO)C2CC2)cc1C. The van der Waals surface area contributed by atoms with Gasteiger partial charge < -0.3 is 15.3 Å². The summed E-state index contributed by atoms with van der Waals surface area (Å²) in [6.07, 6.45) is 3.62. The van der Waals surface area contributed by atoms with Gasteiger partial charge in [-0.05, 0) is 63.3 Å². The molecule has 0 heterocycles. The number of urea groups is 1. The van der Waals surface area contributed by atoms with Gasteiger partial charge in [-0.25, -0.2) is 4.79 Å². The molecule has 0 unspecified atom stereocenters. The van der Waals surface area contributed by atoms with Crippen LogP contribution in [-0.4, -0.2) is 41.0 Å². The predicted octanol–water partition coefficient (Wildman–Crippen LogP) is 2.97. The van der Waals surface area contributed by atoms with Gasteiger partial charge in [0.2, 0.25) is 0 Å². The number of hydrogen-bond donors (Lipinski definition) is 2. The second-order valence-electron chi connectivity index (χ2n) is 5.87. The summed E-state index contributed by atoms with van der Waals surface area (Å²) >= 11 is 0. The highest BCUT2D eigenvalue weighted by atomic mass is 16.3. The first kappa shape index (κ1) is 16.5. The number of hydrogen-bond acceptors (Lipinski definition) is 3. The fraction of sp³-hybridized carbons (Fsp3) is 0.529. The molecule has 120 valence electrons. The van der Waals surface area contributed by atoms with E-state index in [0.717, 1.165) is 24.8 Å². The smallest absolute Gasteiger partial charge is 0.322 e. The minimum absolute atomic E-state index is 0.0268. The molecule has 0 bridgehead atoms. The maximum absolute atomic E-state index is 12.4. The zero-order chi connectivity index (χ0) is 16.1. The van der Waals surface area contributed by atoms with Crippen molar-refractivity contribution in [3.8, 4) is 0 Å². The van der Waals surface area contributed by atoms with E-state index in [-0.39, 0.29) is 18.4 Å². The van der Waals surface area contributed by atoms with E-state index >= 15 is 0 Å². The van der Waals surface area contributed by atoms with Crippen molar-refractivity contribution < 1.29 is 14.7 Å². The molecule has 1 aliphatic carbocycles. The van der Waals surface area contributed by atoms with Crippen molar-refractivity contribution in [1.82, 2.24) is 4.90 Å². The van der Waals surface area contributed by atoms with Gasteiger partial charge in [-0.3, -0.25) is 4.79 Å². The largest absolute Gasteiger partial charge is 0.396 e. The molecule has 0 saturated heterocycles. The Morgan fingerprint density at radius 2 is 2.05 bits per heavy atom. The lowest BCUT2D eigenvalue weighted by atomic mass is 10.1. The molecule has 1 aromatic carbocycles. The van der Waals surface area contributed by atoms with E-state index in [0.29, 0.717) is 30.3 Å². The van der Waals surface area contributed by atoms with E-state index in [9.17, 15) is 9.59 Å². The van der Waals surface area contributed by atoms with E-state index in [1.54, 1.807) is 12.1 Å². The highest BCUT2D eigenvalue weighted by Crippen LogP contribution is 2.28. The number of amides is 2. The number of nitrogens with one attached hydrogen (secondary N) is 1. The number of rotatable bonds is 7. The number of unbranched alkanes of at least 4 members (excludes halogenated alkanes) is 1. The third-order valence-corrected chi connectivity index (χ3v) is 3.91. The highest BCUT2D eigenvalue weighted by molar-refractivity contribution is 5.97. The number of nitrogens with zero attached hydrogens (tertiary/aromatic N) is 1. The number of aryl methyl sites for hydroxylation is 1. The molecule has 22 heavy (non-hydrogen) atoms. The zero-order valence-electron chi connectivity index (χ0n) is 13.3. The van der Waals surface area contributed by atoms with Crippen LogP contribution in [-0.2, 0) is 0 Å². The lowest BCUT2D eigenvalue weighted by Gasteiger charge is -2.23. The van der Waals surface area contributed by atoms with Crippen LogP contribution in [0, 0.1) is 6.92 Å². The number of Topliss-reactive ketones (excluding diaryl/α,β-unsaturated/α-hetero) is 1. The molecule has 0 aromatic heterocycles. The number of aliphatic hydroxyl groups is 1. The Labute approximate surface area is 131 Å². The molecule has 0 spiro atoms. The molecule has 5 nitrogen and oxygen atoms in total. The van der Waals surface area contributed by atoms with Crippen LogP contribution >= 0.6 is 0 Å². The number of aliphatic hydroxyl groups excluding tert-OH is 1. The molecule has 1 saturated carbocycles. The molecular weight excluding hydrogens is 280 g/mol. The van der Waals surface area contributed by atoms with Crippen LogP contribution in [0.25, 0.3) is 0 Å². The third-order valence-electron chi connectivity index (χ3n) is 3.91. The Kier molecular flexibility index (Phi) is 5.55. The molecule has 1 aliphatic rings. The van der Waals surface area contributed by atoms with Gasteiger partial charge >= 0.3 is 6.03 Å². The van der Waals surface area contributed by atoms with Crippen molar-refractivity contribution in [2.45, 2.75) is 45.6 Å². The van der Waals surface area contributed by atoms with Gasteiger partial charge in [0.25, 0.3) is 0 Å². The maximum Gasteiger partial charge on any atom is 0.322 e. The summed E-state index contributed by atoms with van der Waals surface area (Å²) in [4.78, 5) is 25.7. The first-order valence-electron chi connectivity index (χ1n) is 7.83. The van der Waals surface area contributed by atoms with Gasteiger partial charge in [0.15, 0.2) is 5.78 Å². The molecular formula is C17H24N2O3. The minimum atomic E-state index is -0.101. The van der Waals surface area contributed by atoms with Crippen molar-refractivity contribution in [1.29, 1.82) is 0 Å².